The van der Waals surface area contributed by atoms with E-state index in [1.165, 1.54) is 24.3 Å². The van der Waals surface area contributed by atoms with E-state index in [-0.39, 0.29) is 22.6 Å². The molecule has 0 radical (unpaired) electrons. The Bertz CT molecular complexity index is 1400. The van der Waals surface area contributed by atoms with Gasteiger partial charge in [0.1, 0.15) is 5.75 Å². The molecule has 2 saturated carbocycles. The maximum atomic E-state index is 12.6. The van der Waals surface area contributed by atoms with E-state index in [4.69, 9.17) is 4.98 Å². The van der Waals surface area contributed by atoms with Crippen molar-refractivity contribution < 1.29 is 26.3 Å². The van der Waals surface area contributed by atoms with Gasteiger partial charge in [-0.15, -0.1) is 13.2 Å². The molecule has 2 aliphatic carbocycles. The first-order valence-electron chi connectivity index (χ1n) is 12.7. The molecule has 2 aromatic carbocycles. The van der Waals surface area contributed by atoms with Gasteiger partial charge in [-0.2, -0.15) is 0 Å². The molecule has 0 bridgehead atoms. The van der Waals surface area contributed by atoms with Gasteiger partial charge < -0.3 is 14.6 Å². The summed E-state index contributed by atoms with van der Waals surface area (Å²) < 4.78 is 69.5. The van der Waals surface area contributed by atoms with Gasteiger partial charge in [-0.1, -0.05) is 33.8 Å². The van der Waals surface area contributed by atoms with Crippen molar-refractivity contribution in [2.45, 2.75) is 77.7 Å². The monoisotopic (exact) mass is 550 g/mol. The Balaban J connectivity index is 1.55. The van der Waals surface area contributed by atoms with Crippen molar-refractivity contribution in [2.75, 3.05) is 5.32 Å². The molecule has 5 rings (SSSR count). The quantitative estimate of drug-likeness (QED) is 0.290. The number of rotatable bonds is 7. The molecule has 0 spiro atoms. The fourth-order valence-electron chi connectivity index (χ4n) is 6.46. The number of nitrogens with one attached hydrogen (secondary N) is 2. The van der Waals surface area contributed by atoms with Crippen molar-refractivity contribution in [2.24, 2.45) is 10.8 Å². The number of fused-ring (bicyclic) bond motifs is 1. The third-order valence-corrected chi connectivity index (χ3v) is 8.15. The van der Waals surface area contributed by atoms with Crippen LogP contribution in [0.15, 0.2) is 42.5 Å². The SMILES string of the molecule is CC1(C)CC(n2c(Nc3ccc(OC(F)(F)F)cc3)nc3cc(C4(N[SH](=O)=O)CC4)ccc32)CC(C)(C)C1. The van der Waals surface area contributed by atoms with E-state index in [9.17, 15) is 21.6 Å². The summed E-state index contributed by atoms with van der Waals surface area (Å²) in [6, 6.07) is 11.6. The second kappa shape index (κ2) is 9.15. The molecule has 1 heterocycles. The van der Waals surface area contributed by atoms with Crippen molar-refractivity contribution >= 4 is 33.6 Å². The highest BCUT2D eigenvalue weighted by atomic mass is 32.2. The number of benzene rings is 2. The zero-order valence-electron chi connectivity index (χ0n) is 21.9. The summed E-state index contributed by atoms with van der Waals surface area (Å²) >= 11 is 0. The van der Waals surface area contributed by atoms with Crippen LogP contribution in [0.25, 0.3) is 11.0 Å². The topological polar surface area (TPSA) is 85.2 Å². The summed E-state index contributed by atoms with van der Waals surface area (Å²) in [5, 5.41) is 3.31. The van der Waals surface area contributed by atoms with E-state index in [1.54, 1.807) is 0 Å². The van der Waals surface area contributed by atoms with E-state index >= 15 is 0 Å². The van der Waals surface area contributed by atoms with Gasteiger partial charge in [0.25, 0.3) is 0 Å². The number of alkyl halides is 3. The molecule has 1 aromatic heterocycles. The van der Waals surface area contributed by atoms with Crippen LogP contribution >= 0.6 is 0 Å². The largest absolute Gasteiger partial charge is 0.573 e. The van der Waals surface area contributed by atoms with Crippen molar-refractivity contribution in [1.82, 2.24) is 14.3 Å². The second-order valence-corrected chi connectivity index (χ2v) is 13.0. The fraction of sp³-hybridized carbons (Fsp3) is 0.519. The number of hydrogen-bond acceptors (Lipinski definition) is 5. The average molecular weight is 551 g/mol. The van der Waals surface area contributed by atoms with Crippen LogP contribution < -0.4 is 14.8 Å². The molecule has 0 unspecified atom stereocenters. The average Bonchev–Trinajstić information content (AvgIpc) is 3.43. The minimum atomic E-state index is -4.76. The van der Waals surface area contributed by atoms with Gasteiger partial charge in [0, 0.05) is 11.7 Å². The van der Waals surface area contributed by atoms with Gasteiger partial charge >= 0.3 is 6.36 Å². The van der Waals surface area contributed by atoms with Crippen molar-refractivity contribution in [3.63, 3.8) is 0 Å². The van der Waals surface area contributed by atoms with Crippen LogP contribution in [0.3, 0.4) is 0 Å². The number of halogens is 3. The molecule has 0 saturated heterocycles. The molecule has 3 aromatic rings. The van der Waals surface area contributed by atoms with E-state index in [0.29, 0.717) is 11.6 Å². The van der Waals surface area contributed by atoms with Crippen molar-refractivity contribution in [3.05, 3.63) is 48.0 Å². The highest BCUT2D eigenvalue weighted by molar-refractivity contribution is 7.70. The highest BCUT2D eigenvalue weighted by Crippen LogP contribution is 2.52. The van der Waals surface area contributed by atoms with Gasteiger partial charge in [-0.3, -0.25) is 0 Å². The molecule has 0 amide bonds. The van der Waals surface area contributed by atoms with Gasteiger partial charge in [0.05, 0.1) is 16.6 Å². The van der Waals surface area contributed by atoms with Gasteiger partial charge in [-0.05, 0) is 84.9 Å². The third-order valence-electron chi connectivity index (χ3n) is 7.54. The van der Waals surface area contributed by atoms with Crippen LogP contribution in [0.4, 0.5) is 24.8 Å². The Hall–Kier alpha value is -2.79. The summed E-state index contributed by atoms with van der Waals surface area (Å²) in [5.74, 6) is 0.295. The Morgan fingerprint density at radius 1 is 1.00 bits per heavy atom. The van der Waals surface area contributed by atoms with Gasteiger partial charge in [-0.25, -0.2) is 18.1 Å². The number of nitrogens with zero attached hydrogens (tertiary/aromatic N) is 2. The second-order valence-electron chi connectivity index (χ2n) is 12.2. The Kier molecular flexibility index (Phi) is 6.45. The number of aromatic nitrogens is 2. The zero-order valence-corrected chi connectivity index (χ0v) is 22.7. The standard InChI is InChI=1S/C27H33F3N4O3S/c1-24(2)14-19(15-25(3,4)16-24)34-22-10-5-17(26(11-12-26)33-38(35)36)13-21(22)32-23(34)31-18-6-8-20(9-7-18)37-27(28,29)30/h5-10,13,19,38H,11-12,14-16H2,1-4H3,(H,31,32)(H,33,35,36). The number of imidazole rings is 1. The molecule has 0 atom stereocenters. The lowest BCUT2D eigenvalue weighted by Gasteiger charge is -2.45. The normalized spacial score (nSPS) is 20.5. The molecular formula is C27H33F3N4O3S. The van der Waals surface area contributed by atoms with Crippen molar-refractivity contribution in [1.29, 1.82) is 0 Å². The van der Waals surface area contributed by atoms with E-state index in [2.05, 4.69) is 47.0 Å². The van der Waals surface area contributed by atoms with Crippen molar-refractivity contribution in [3.8, 4) is 5.75 Å². The first kappa shape index (κ1) is 26.8. The Morgan fingerprint density at radius 2 is 1.63 bits per heavy atom. The Labute approximate surface area is 221 Å². The van der Waals surface area contributed by atoms with Crippen LogP contribution in [0.2, 0.25) is 0 Å². The minimum absolute atomic E-state index is 0.109. The summed E-state index contributed by atoms with van der Waals surface area (Å²) in [6.07, 6.45) is -0.319. The predicted molar refractivity (Wildman–Crippen MR) is 141 cm³/mol. The molecule has 38 heavy (non-hydrogen) atoms. The molecule has 11 heteroatoms. The lowest BCUT2D eigenvalue weighted by atomic mass is 9.63. The van der Waals surface area contributed by atoms with Gasteiger partial charge in [0.2, 0.25) is 16.8 Å². The fourth-order valence-corrected chi connectivity index (χ4v) is 7.16. The summed E-state index contributed by atoms with van der Waals surface area (Å²) in [7, 11) is -2.74. The van der Waals surface area contributed by atoms with Gasteiger partial charge in [0.15, 0.2) is 0 Å². The van der Waals surface area contributed by atoms with Crippen LogP contribution in [-0.4, -0.2) is 24.3 Å². The molecule has 206 valence electrons. The number of ether oxygens (including phenoxy) is 1. The number of anilines is 2. The predicted octanol–water partition coefficient (Wildman–Crippen LogP) is 6.56. The lowest BCUT2D eigenvalue weighted by Crippen LogP contribution is -2.35. The highest BCUT2D eigenvalue weighted by Gasteiger charge is 2.45. The Morgan fingerprint density at radius 3 is 2.18 bits per heavy atom. The first-order valence-corrected chi connectivity index (χ1v) is 13.9. The van der Waals surface area contributed by atoms with E-state index < -0.39 is 22.8 Å². The minimum Gasteiger partial charge on any atom is -0.406 e. The molecular weight excluding hydrogens is 517 g/mol. The first-order chi connectivity index (χ1) is 17.6. The van der Waals surface area contributed by atoms with E-state index in [1.807, 2.05) is 18.2 Å². The number of hydrogen-bond donors (Lipinski definition) is 3. The maximum absolute atomic E-state index is 12.6. The maximum Gasteiger partial charge on any atom is 0.573 e. The zero-order chi connectivity index (χ0) is 27.5. The van der Waals surface area contributed by atoms with Crippen LogP contribution in [0.1, 0.15) is 71.4 Å². The summed E-state index contributed by atoms with van der Waals surface area (Å²) in [5.41, 5.74) is 2.75. The molecule has 7 nitrogen and oxygen atoms in total. The number of thiol groups is 1. The lowest BCUT2D eigenvalue weighted by molar-refractivity contribution is -0.274. The third kappa shape index (κ3) is 5.78. The van der Waals surface area contributed by atoms with Crippen LogP contribution in [-0.2, 0) is 16.4 Å². The smallest absolute Gasteiger partial charge is 0.406 e. The van der Waals surface area contributed by atoms with Crippen LogP contribution in [0.5, 0.6) is 5.75 Å². The molecule has 0 aliphatic heterocycles. The molecule has 2 aliphatic rings. The van der Waals surface area contributed by atoms with Crippen LogP contribution in [0, 0.1) is 10.8 Å². The molecule has 2 fully saturated rings. The summed E-state index contributed by atoms with van der Waals surface area (Å²) in [4.78, 5) is 4.90. The van der Waals surface area contributed by atoms with E-state index in [0.717, 1.165) is 48.7 Å². The molecule has 2 N–H and O–H groups in total. The summed E-state index contributed by atoms with van der Waals surface area (Å²) in [6.45, 7) is 9.10.